The van der Waals surface area contributed by atoms with Crippen molar-refractivity contribution in [2.75, 3.05) is 26.2 Å². The quantitative estimate of drug-likeness (QED) is 0.707. The third-order valence-corrected chi connectivity index (χ3v) is 4.42. The number of nitrogens with one attached hydrogen (secondary N) is 1. The number of nitrogens with zero attached hydrogens (tertiary/aromatic N) is 1. The zero-order chi connectivity index (χ0) is 12.1. The van der Waals surface area contributed by atoms with E-state index in [9.17, 15) is 0 Å². The topological polar surface area (TPSA) is 15.3 Å². The molecule has 2 unspecified atom stereocenters. The minimum atomic E-state index is 0.811. The van der Waals surface area contributed by atoms with E-state index >= 15 is 0 Å². The van der Waals surface area contributed by atoms with Crippen LogP contribution >= 0.6 is 0 Å². The normalized spacial score (nSPS) is 34.9. The lowest BCUT2D eigenvalue weighted by atomic mass is 10.00. The van der Waals surface area contributed by atoms with Crippen LogP contribution in [0.25, 0.3) is 0 Å². The van der Waals surface area contributed by atoms with Crippen molar-refractivity contribution in [1.29, 1.82) is 0 Å². The first kappa shape index (κ1) is 13.4. The lowest BCUT2D eigenvalue weighted by molar-refractivity contribution is 0.122. The second kappa shape index (κ2) is 6.75. The highest BCUT2D eigenvalue weighted by Gasteiger charge is 2.24. The van der Waals surface area contributed by atoms with Crippen LogP contribution in [0.2, 0.25) is 0 Å². The molecule has 0 spiro atoms. The summed E-state index contributed by atoms with van der Waals surface area (Å²) in [6.45, 7) is 9.81. The monoisotopic (exact) mass is 238 g/mol. The summed E-state index contributed by atoms with van der Waals surface area (Å²) in [5.41, 5.74) is 0. The molecule has 0 radical (unpaired) electrons. The Morgan fingerprint density at radius 2 is 1.35 bits per heavy atom. The molecule has 0 bridgehead atoms. The van der Waals surface area contributed by atoms with Gasteiger partial charge in [0, 0.05) is 19.1 Å². The number of hydrogen-bond acceptors (Lipinski definition) is 2. The summed E-state index contributed by atoms with van der Waals surface area (Å²) in [4.78, 5) is 2.82. The van der Waals surface area contributed by atoms with Gasteiger partial charge in [0.25, 0.3) is 0 Å². The van der Waals surface area contributed by atoms with Gasteiger partial charge in [0.15, 0.2) is 0 Å². The molecule has 2 fully saturated rings. The lowest BCUT2D eigenvalue weighted by Crippen LogP contribution is -2.46. The van der Waals surface area contributed by atoms with Crippen LogP contribution in [0, 0.1) is 11.8 Å². The van der Waals surface area contributed by atoms with Gasteiger partial charge in [0.2, 0.25) is 0 Å². The van der Waals surface area contributed by atoms with E-state index < -0.39 is 0 Å². The summed E-state index contributed by atoms with van der Waals surface area (Å²) in [5.74, 6) is 1.62. The molecule has 1 saturated carbocycles. The first-order valence-corrected chi connectivity index (χ1v) is 7.70. The molecule has 1 heterocycles. The van der Waals surface area contributed by atoms with Crippen molar-refractivity contribution in [3.8, 4) is 0 Å². The molecule has 17 heavy (non-hydrogen) atoms. The molecule has 1 aliphatic heterocycles. The van der Waals surface area contributed by atoms with E-state index in [-0.39, 0.29) is 0 Å². The van der Waals surface area contributed by atoms with Crippen LogP contribution in [0.5, 0.6) is 0 Å². The summed E-state index contributed by atoms with van der Waals surface area (Å²) in [7, 11) is 0. The fraction of sp³-hybridized carbons (Fsp3) is 1.00. The Labute approximate surface area is 107 Å². The molecule has 2 atom stereocenters. The maximum atomic E-state index is 3.60. The third kappa shape index (κ3) is 4.26. The fourth-order valence-electron chi connectivity index (χ4n) is 3.50. The molecule has 0 aromatic rings. The third-order valence-electron chi connectivity index (χ3n) is 4.42. The van der Waals surface area contributed by atoms with Crippen molar-refractivity contribution in [2.45, 2.75) is 58.4 Å². The van der Waals surface area contributed by atoms with Gasteiger partial charge in [-0.2, -0.15) is 0 Å². The lowest BCUT2D eigenvalue weighted by Gasteiger charge is -2.37. The van der Waals surface area contributed by atoms with Gasteiger partial charge in [-0.05, 0) is 37.8 Å². The van der Waals surface area contributed by atoms with E-state index in [0.717, 1.165) is 17.9 Å². The van der Waals surface area contributed by atoms with Crippen LogP contribution in [0.1, 0.15) is 52.4 Å². The van der Waals surface area contributed by atoms with E-state index in [1.54, 1.807) is 0 Å². The first-order valence-electron chi connectivity index (χ1n) is 7.70. The van der Waals surface area contributed by atoms with Gasteiger partial charge in [-0.1, -0.05) is 39.5 Å². The molecule has 0 aromatic carbocycles. The van der Waals surface area contributed by atoms with Crippen molar-refractivity contribution in [3.05, 3.63) is 0 Å². The highest BCUT2D eigenvalue weighted by Crippen LogP contribution is 2.24. The molecule has 2 aliphatic rings. The van der Waals surface area contributed by atoms with Crippen LogP contribution in [0.3, 0.4) is 0 Å². The SMILES string of the molecule is CC1CNCC(C)CN(C2CCCCCC2)C1. The fourth-order valence-corrected chi connectivity index (χ4v) is 3.50. The molecule has 0 amide bonds. The Morgan fingerprint density at radius 1 is 0.824 bits per heavy atom. The Kier molecular flexibility index (Phi) is 5.30. The Morgan fingerprint density at radius 3 is 1.88 bits per heavy atom. The molecule has 2 rings (SSSR count). The van der Waals surface area contributed by atoms with Crippen LogP contribution in [0.15, 0.2) is 0 Å². The van der Waals surface area contributed by atoms with E-state index in [2.05, 4.69) is 24.1 Å². The molecular weight excluding hydrogens is 208 g/mol. The molecule has 1 saturated heterocycles. The van der Waals surface area contributed by atoms with E-state index in [0.29, 0.717) is 0 Å². The zero-order valence-electron chi connectivity index (χ0n) is 11.8. The Bertz CT molecular complexity index is 197. The zero-order valence-corrected chi connectivity index (χ0v) is 11.8. The van der Waals surface area contributed by atoms with Gasteiger partial charge in [0.1, 0.15) is 0 Å². The molecular formula is C15H30N2. The summed E-state index contributed by atoms with van der Waals surface area (Å²) in [6.07, 6.45) is 8.76. The maximum Gasteiger partial charge on any atom is 0.00955 e. The molecule has 2 heteroatoms. The Hall–Kier alpha value is -0.0800. The van der Waals surface area contributed by atoms with Crippen molar-refractivity contribution in [3.63, 3.8) is 0 Å². The maximum absolute atomic E-state index is 3.60. The van der Waals surface area contributed by atoms with Crippen LogP contribution < -0.4 is 5.32 Å². The summed E-state index contributed by atoms with van der Waals surface area (Å²) >= 11 is 0. The minimum Gasteiger partial charge on any atom is -0.316 e. The second-order valence-corrected chi connectivity index (χ2v) is 6.47. The van der Waals surface area contributed by atoms with Crippen molar-refractivity contribution in [2.24, 2.45) is 11.8 Å². The van der Waals surface area contributed by atoms with Crippen LogP contribution in [0.4, 0.5) is 0 Å². The second-order valence-electron chi connectivity index (χ2n) is 6.47. The van der Waals surface area contributed by atoms with Crippen molar-refractivity contribution < 1.29 is 0 Å². The van der Waals surface area contributed by atoms with Crippen molar-refractivity contribution >= 4 is 0 Å². The Balaban J connectivity index is 1.93. The molecule has 0 aromatic heterocycles. The van der Waals surface area contributed by atoms with Gasteiger partial charge in [0.05, 0.1) is 0 Å². The summed E-state index contributed by atoms with van der Waals surface area (Å²) in [6, 6.07) is 0.889. The van der Waals surface area contributed by atoms with Gasteiger partial charge in [-0.25, -0.2) is 0 Å². The predicted octanol–water partition coefficient (Wildman–Crippen LogP) is 2.89. The number of hydrogen-bond donors (Lipinski definition) is 1. The predicted molar refractivity (Wildman–Crippen MR) is 74.3 cm³/mol. The summed E-state index contributed by atoms with van der Waals surface area (Å²) < 4.78 is 0. The van der Waals surface area contributed by atoms with E-state index in [1.807, 2.05) is 0 Å². The van der Waals surface area contributed by atoms with Gasteiger partial charge in [-0.3, -0.25) is 4.90 Å². The van der Waals surface area contributed by atoms with Gasteiger partial charge >= 0.3 is 0 Å². The standard InChI is InChI=1S/C15H30N2/c1-13-9-16-10-14(2)12-17(11-13)15-7-5-3-4-6-8-15/h13-16H,3-12H2,1-2H3. The highest BCUT2D eigenvalue weighted by molar-refractivity contribution is 4.80. The van der Waals surface area contributed by atoms with Crippen LogP contribution in [-0.4, -0.2) is 37.1 Å². The molecule has 1 N–H and O–H groups in total. The van der Waals surface area contributed by atoms with E-state index in [1.165, 1.54) is 64.7 Å². The number of rotatable bonds is 1. The van der Waals surface area contributed by atoms with E-state index in [4.69, 9.17) is 0 Å². The average Bonchev–Trinajstić information content (AvgIpc) is 2.54. The molecule has 100 valence electrons. The van der Waals surface area contributed by atoms with Crippen LogP contribution in [-0.2, 0) is 0 Å². The minimum absolute atomic E-state index is 0.811. The largest absolute Gasteiger partial charge is 0.316 e. The molecule has 1 aliphatic carbocycles. The summed E-state index contributed by atoms with van der Waals surface area (Å²) in [5, 5.41) is 3.60. The van der Waals surface area contributed by atoms with Gasteiger partial charge < -0.3 is 5.32 Å². The molecule has 2 nitrogen and oxygen atoms in total. The van der Waals surface area contributed by atoms with Gasteiger partial charge in [-0.15, -0.1) is 0 Å². The average molecular weight is 238 g/mol. The smallest absolute Gasteiger partial charge is 0.00955 e. The first-order chi connectivity index (χ1) is 8.25. The van der Waals surface area contributed by atoms with Crippen molar-refractivity contribution in [1.82, 2.24) is 10.2 Å². The highest BCUT2D eigenvalue weighted by atomic mass is 15.2.